The lowest BCUT2D eigenvalue weighted by molar-refractivity contribution is 0.102. The molecule has 8 nitrogen and oxygen atoms in total. The first-order valence-corrected chi connectivity index (χ1v) is 11.1. The molecule has 0 spiro atoms. The van der Waals surface area contributed by atoms with Gasteiger partial charge in [0, 0.05) is 45.8 Å². The molecule has 4 rings (SSSR count). The van der Waals surface area contributed by atoms with Gasteiger partial charge in [0.15, 0.2) is 0 Å². The Hall–Kier alpha value is -4.33. The van der Waals surface area contributed by atoms with Crippen LogP contribution in [0.1, 0.15) is 39.9 Å². The van der Waals surface area contributed by atoms with Gasteiger partial charge in [0.1, 0.15) is 12.1 Å². The summed E-state index contributed by atoms with van der Waals surface area (Å²) in [5.74, 6) is 1.05. The minimum Gasteiger partial charge on any atom is -0.340 e. The number of nitrogens with zero attached hydrogens (tertiary/aromatic N) is 4. The van der Waals surface area contributed by atoms with Gasteiger partial charge in [-0.1, -0.05) is 13.0 Å². The quantitative estimate of drug-likeness (QED) is 0.340. The third-order valence-electron chi connectivity index (χ3n) is 5.20. The largest absolute Gasteiger partial charge is 0.340 e. The molecule has 0 radical (unpaired) electrons. The predicted octanol–water partition coefficient (Wildman–Crippen LogP) is 5.49. The summed E-state index contributed by atoms with van der Waals surface area (Å²) in [6.45, 7) is 7.82. The van der Waals surface area contributed by atoms with Crippen molar-refractivity contribution < 1.29 is 4.79 Å². The van der Waals surface area contributed by atoms with E-state index in [9.17, 15) is 4.79 Å². The molecule has 3 N–H and O–H groups in total. The second-order valence-corrected chi connectivity index (χ2v) is 8.03. The first-order chi connectivity index (χ1) is 16.4. The van der Waals surface area contributed by atoms with Gasteiger partial charge >= 0.3 is 0 Å². The van der Waals surface area contributed by atoms with E-state index >= 15 is 0 Å². The van der Waals surface area contributed by atoms with Crippen molar-refractivity contribution in [2.45, 2.75) is 34.1 Å². The first-order valence-electron chi connectivity index (χ1n) is 11.1. The van der Waals surface area contributed by atoms with Crippen LogP contribution >= 0.6 is 0 Å². The van der Waals surface area contributed by atoms with E-state index < -0.39 is 0 Å². The average Bonchev–Trinajstić information content (AvgIpc) is 2.79. The van der Waals surface area contributed by atoms with Crippen LogP contribution in [-0.4, -0.2) is 25.8 Å². The number of carbonyl (C=O) groups excluding carboxylic acids is 1. The summed E-state index contributed by atoms with van der Waals surface area (Å²) >= 11 is 0. The summed E-state index contributed by atoms with van der Waals surface area (Å²) < 4.78 is 0. The fourth-order valence-corrected chi connectivity index (χ4v) is 3.56. The van der Waals surface area contributed by atoms with Crippen LogP contribution in [0.15, 0.2) is 60.9 Å². The molecule has 0 atom stereocenters. The Morgan fingerprint density at radius 3 is 2.18 bits per heavy atom. The van der Waals surface area contributed by atoms with Crippen molar-refractivity contribution in [3.05, 3.63) is 89.1 Å². The van der Waals surface area contributed by atoms with E-state index in [1.54, 1.807) is 12.1 Å². The molecule has 4 aromatic rings. The van der Waals surface area contributed by atoms with E-state index in [0.717, 1.165) is 46.1 Å². The van der Waals surface area contributed by atoms with Gasteiger partial charge < -0.3 is 16.0 Å². The summed E-state index contributed by atoms with van der Waals surface area (Å²) in [4.78, 5) is 30.1. The number of aromatic nitrogens is 4. The number of hydrogen-bond donors (Lipinski definition) is 3. The normalized spacial score (nSPS) is 10.6. The zero-order chi connectivity index (χ0) is 24.1. The monoisotopic (exact) mass is 453 g/mol. The molecule has 34 heavy (non-hydrogen) atoms. The Kier molecular flexibility index (Phi) is 6.77. The van der Waals surface area contributed by atoms with Crippen molar-refractivity contribution in [1.29, 1.82) is 0 Å². The van der Waals surface area contributed by atoms with Crippen LogP contribution in [-0.2, 0) is 6.42 Å². The van der Waals surface area contributed by atoms with Gasteiger partial charge in [-0.15, -0.1) is 0 Å². The fourth-order valence-electron chi connectivity index (χ4n) is 3.56. The van der Waals surface area contributed by atoms with E-state index in [0.29, 0.717) is 17.3 Å². The highest BCUT2D eigenvalue weighted by atomic mass is 16.1. The Bertz CT molecular complexity index is 1300. The van der Waals surface area contributed by atoms with Crippen LogP contribution in [0, 0.1) is 20.8 Å². The summed E-state index contributed by atoms with van der Waals surface area (Å²) in [7, 11) is 0. The minimum atomic E-state index is -0.182. The average molecular weight is 454 g/mol. The van der Waals surface area contributed by atoms with Crippen molar-refractivity contribution in [3.63, 3.8) is 0 Å². The maximum absolute atomic E-state index is 13.0. The number of hydrogen-bond acceptors (Lipinski definition) is 7. The lowest BCUT2D eigenvalue weighted by Gasteiger charge is -2.14. The van der Waals surface area contributed by atoms with Crippen molar-refractivity contribution in [2.75, 3.05) is 16.0 Å². The second kappa shape index (κ2) is 10.1. The van der Waals surface area contributed by atoms with Gasteiger partial charge in [0.25, 0.3) is 5.91 Å². The van der Waals surface area contributed by atoms with Crippen LogP contribution in [0.5, 0.6) is 0 Å². The van der Waals surface area contributed by atoms with E-state index in [1.807, 2.05) is 63.2 Å². The summed E-state index contributed by atoms with van der Waals surface area (Å²) in [6, 6.07) is 16.9. The lowest BCUT2D eigenvalue weighted by atomic mass is 10.1. The summed E-state index contributed by atoms with van der Waals surface area (Å²) in [5.41, 5.74) is 6.66. The van der Waals surface area contributed by atoms with Crippen LogP contribution < -0.4 is 16.0 Å². The molecule has 0 bridgehead atoms. The molecule has 0 aliphatic heterocycles. The SMILES string of the molecule is CCc1ccc(Nc2cc(C)ncn2)cc1NC(=O)c1ccc(Nc2nc(C)cc(C)n2)cc1. The van der Waals surface area contributed by atoms with Gasteiger partial charge in [0.2, 0.25) is 5.95 Å². The molecule has 2 aromatic carbocycles. The van der Waals surface area contributed by atoms with E-state index in [4.69, 9.17) is 0 Å². The molecule has 0 saturated carbocycles. The Labute approximate surface area is 198 Å². The topological polar surface area (TPSA) is 105 Å². The number of rotatable bonds is 7. The zero-order valence-electron chi connectivity index (χ0n) is 19.7. The molecular formula is C26H27N7O. The smallest absolute Gasteiger partial charge is 0.255 e. The Balaban J connectivity index is 1.48. The van der Waals surface area contributed by atoms with Crippen LogP contribution in [0.25, 0.3) is 0 Å². The maximum Gasteiger partial charge on any atom is 0.255 e. The Morgan fingerprint density at radius 2 is 1.50 bits per heavy atom. The highest BCUT2D eigenvalue weighted by Gasteiger charge is 2.11. The number of aryl methyl sites for hydroxylation is 4. The summed E-state index contributed by atoms with van der Waals surface area (Å²) in [6.07, 6.45) is 2.31. The highest BCUT2D eigenvalue weighted by Crippen LogP contribution is 2.25. The van der Waals surface area contributed by atoms with Gasteiger partial charge in [-0.2, -0.15) is 0 Å². The third-order valence-corrected chi connectivity index (χ3v) is 5.20. The van der Waals surface area contributed by atoms with E-state index in [1.165, 1.54) is 6.33 Å². The van der Waals surface area contributed by atoms with Crippen molar-refractivity contribution in [2.24, 2.45) is 0 Å². The second-order valence-electron chi connectivity index (χ2n) is 8.03. The van der Waals surface area contributed by atoms with Gasteiger partial charge in [0.05, 0.1) is 0 Å². The highest BCUT2D eigenvalue weighted by molar-refractivity contribution is 6.05. The third kappa shape index (κ3) is 5.72. The van der Waals surface area contributed by atoms with E-state index in [2.05, 4.69) is 42.8 Å². The first kappa shape index (κ1) is 22.8. The number of benzene rings is 2. The minimum absolute atomic E-state index is 0.182. The molecule has 8 heteroatoms. The molecule has 0 aliphatic carbocycles. The summed E-state index contributed by atoms with van der Waals surface area (Å²) in [5, 5.41) is 9.49. The molecule has 2 heterocycles. The van der Waals surface area contributed by atoms with Crippen molar-refractivity contribution in [3.8, 4) is 0 Å². The standard InChI is InChI=1S/C26H27N7O/c1-5-19-6-11-22(31-24-13-16(2)27-15-28-24)14-23(19)33-25(34)20-7-9-21(10-8-20)32-26-29-17(3)12-18(4)30-26/h6-15H,5H2,1-4H3,(H,33,34)(H,27,28,31)(H,29,30,32). The Morgan fingerprint density at radius 1 is 0.794 bits per heavy atom. The molecule has 1 amide bonds. The van der Waals surface area contributed by atoms with Crippen LogP contribution in [0.4, 0.5) is 28.8 Å². The fraction of sp³-hybridized carbons (Fsp3) is 0.192. The van der Waals surface area contributed by atoms with Crippen molar-refractivity contribution in [1.82, 2.24) is 19.9 Å². The molecular weight excluding hydrogens is 426 g/mol. The molecule has 0 fully saturated rings. The molecule has 0 aliphatic rings. The lowest BCUT2D eigenvalue weighted by Crippen LogP contribution is -2.13. The maximum atomic E-state index is 13.0. The number of amides is 1. The van der Waals surface area contributed by atoms with Crippen LogP contribution in [0.3, 0.4) is 0 Å². The number of nitrogens with one attached hydrogen (secondary N) is 3. The predicted molar refractivity (Wildman–Crippen MR) is 135 cm³/mol. The molecule has 172 valence electrons. The van der Waals surface area contributed by atoms with Gasteiger partial charge in [-0.3, -0.25) is 4.79 Å². The van der Waals surface area contributed by atoms with E-state index in [-0.39, 0.29) is 5.91 Å². The van der Waals surface area contributed by atoms with Gasteiger partial charge in [-0.05, 0) is 75.2 Å². The van der Waals surface area contributed by atoms with Crippen molar-refractivity contribution >= 4 is 34.7 Å². The number of carbonyl (C=O) groups is 1. The molecule has 0 saturated heterocycles. The molecule has 0 unspecified atom stereocenters. The zero-order valence-corrected chi connectivity index (χ0v) is 19.7. The van der Waals surface area contributed by atoms with Crippen LogP contribution in [0.2, 0.25) is 0 Å². The van der Waals surface area contributed by atoms with Gasteiger partial charge in [-0.25, -0.2) is 19.9 Å². The molecule has 2 aromatic heterocycles. The number of anilines is 5.